The van der Waals surface area contributed by atoms with Crippen molar-refractivity contribution in [3.8, 4) is 0 Å². The smallest absolute Gasteiger partial charge is 0.0102 e. The first-order valence-corrected chi connectivity index (χ1v) is 24.1. The molecule has 298 valence electrons. The van der Waals surface area contributed by atoms with Crippen molar-refractivity contribution in [2.45, 2.75) is 179 Å². The average Bonchev–Trinajstić information content (AvgIpc) is 3.39. The lowest BCUT2D eigenvalue weighted by Gasteiger charge is -2.52. The Hall–Kier alpha value is -1.30. The fourth-order valence-corrected chi connectivity index (χ4v) is 15.4. The van der Waals surface area contributed by atoms with Gasteiger partial charge >= 0.3 is 0 Å². The van der Waals surface area contributed by atoms with E-state index in [1.54, 1.807) is 5.57 Å². The second kappa shape index (κ2) is 17.5. The van der Waals surface area contributed by atoms with Crippen LogP contribution < -0.4 is 0 Å². The molecule has 0 radical (unpaired) electrons. The molecule has 0 aromatic heterocycles. The topological polar surface area (TPSA) is 0 Å². The van der Waals surface area contributed by atoms with Gasteiger partial charge in [0.2, 0.25) is 0 Å². The van der Waals surface area contributed by atoms with Crippen molar-refractivity contribution in [1.82, 2.24) is 0 Å². The Morgan fingerprint density at radius 2 is 1.53 bits per heavy atom. The van der Waals surface area contributed by atoms with Crippen molar-refractivity contribution in [2.75, 3.05) is 0 Å². The second-order valence-electron chi connectivity index (χ2n) is 20.4. The molecule has 0 aromatic carbocycles. The van der Waals surface area contributed by atoms with Gasteiger partial charge in [-0.15, -0.1) is 0 Å². The molecule has 15 unspecified atom stereocenters. The summed E-state index contributed by atoms with van der Waals surface area (Å²) in [5, 5.41) is 0. The summed E-state index contributed by atoms with van der Waals surface area (Å²) < 4.78 is 0. The highest BCUT2D eigenvalue weighted by atomic mass is 14.6. The maximum Gasteiger partial charge on any atom is -0.0102 e. The molecule has 0 saturated heterocycles. The van der Waals surface area contributed by atoms with Gasteiger partial charge in [0.15, 0.2) is 0 Å². The van der Waals surface area contributed by atoms with Gasteiger partial charge in [-0.3, -0.25) is 0 Å². The molecule has 0 aromatic rings. The molecule has 0 bridgehead atoms. The molecule has 0 aliphatic heterocycles. The molecule has 15 atom stereocenters. The summed E-state index contributed by atoms with van der Waals surface area (Å²) in [7, 11) is 0. The van der Waals surface area contributed by atoms with Crippen LogP contribution in [0.15, 0.2) is 58.2 Å². The molecule has 0 amide bonds. The lowest BCUT2D eigenvalue weighted by atomic mass is 9.52. The molecule has 53 heavy (non-hydrogen) atoms. The summed E-state index contributed by atoms with van der Waals surface area (Å²) in [6, 6.07) is 0. The number of rotatable bonds is 10. The van der Waals surface area contributed by atoms with Crippen molar-refractivity contribution in [3.05, 3.63) is 58.2 Å². The van der Waals surface area contributed by atoms with Crippen LogP contribution in [-0.4, -0.2) is 0 Å². The van der Waals surface area contributed by atoms with E-state index < -0.39 is 0 Å². The van der Waals surface area contributed by atoms with E-state index in [-0.39, 0.29) is 0 Å². The van der Waals surface area contributed by atoms with Crippen molar-refractivity contribution < 1.29 is 0 Å². The molecule has 3 fully saturated rings. The SMILES string of the molecule is C/C=C1/C(C(C)CC2C(CC)C3=C(CC(C4C=CC5=C6C4CCC(CCC)C6C(C)C=C5)CC3)C2(C)C)CCC2CCC(CC)C(C(C)CC)C12.CC. The summed E-state index contributed by atoms with van der Waals surface area (Å²) in [5.74, 6) is 12.5. The van der Waals surface area contributed by atoms with Crippen LogP contribution in [0.2, 0.25) is 0 Å². The maximum atomic E-state index is 2.73. The van der Waals surface area contributed by atoms with Gasteiger partial charge in [-0.1, -0.05) is 155 Å². The van der Waals surface area contributed by atoms with Crippen molar-refractivity contribution in [1.29, 1.82) is 0 Å². The highest BCUT2D eigenvalue weighted by Gasteiger charge is 2.53. The highest BCUT2D eigenvalue weighted by Crippen LogP contribution is 2.63. The third-order valence-electron chi connectivity index (χ3n) is 18.0. The van der Waals surface area contributed by atoms with Crippen LogP contribution in [0.25, 0.3) is 0 Å². The first kappa shape index (κ1) is 41.3. The lowest BCUT2D eigenvalue weighted by molar-refractivity contribution is 0.0282. The number of hydrogen-bond donors (Lipinski definition) is 0. The quantitative estimate of drug-likeness (QED) is 0.197. The molecule has 3 saturated carbocycles. The Morgan fingerprint density at radius 3 is 2.21 bits per heavy atom. The summed E-state index contributed by atoms with van der Waals surface area (Å²) >= 11 is 0. The zero-order valence-corrected chi connectivity index (χ0v) is 37.2. The highest BCUT2D eigenvalue weighted by molar-refractivity contribution is 5.47. The number of hydrogen-bond acceptors (Lipinski definition) is 0. The second-order valence-corrected chi connectivity index (χ2v) is 20.4. The predicted molar refractivity (Wildman–Crippen MR) is 233 cm³/mol. The predicted octanol–water partition coefficient (Wildman–Crippen LogP) is 16.0. The van der Waals surface area contributed by atoms with E-state index in [0.717, 1.165) is 82.9 Å². The molecular formula is C53H86. The molecule has 0 heterocycles. The minimum Gasteiger partial charge on any atom is -0.0879 e. The van der Waals surface area contributed by atoms with Crippen molar-refractivity contribution in [3.63, 3.8) is 0 Å². The fourth-order valence-electron chi connectivity index (χ4n) is 15.4. The number of allylic oxidation sites excluding steroid dienone is 10. The zero-order chi connectivity index (χ0) is 38.2. The summed E-state index contributed by atoms with van der Waals surface area (Å²) in [4.78, 5) is 0. The average molecular weight is 723 g/mol. The van der Waals surface area contributed by atoms with Gasteiger partial charge < -0.3 is 0 Å². The Labute approximate surface area is 330 Å². The van der Waals surface area contributed by atoms with Crippen LogP contribution in [-0.2, 0) is 0 Å². The lowest BCUT2D eigenvalue weighted by Crippen LogP contribution is -2.44. The van der Waals surface area contributed by atoms with E-state index in [1.165, 1.54) is 96.3 Å². The minimum absolute atomic E-state index is 0.333. The third kappa shape index (κ3) is 7.37. The molecule has 7 rings (SSSR count). The van der Waals surface area contributed by atoms with Gasteiger partial charge in [0.05, 0.1) is 0 Å². The van der Waals surface area contributed by atoms with Gasteiger partial charge in [0.1, 0.15) is 0 Å². The third-order valence-corrected chi connectivity index (χ3v) is 18.0. The maximum absolute atomic E-state index is 2.73. The normalized spacial score (nSPS) is 42.0. The number of fused-ring (bicyclic) bond motifs is 1. The van der Waals surface area contributed by atoms with Gasteiger partial charge in [0.25, 0.3) is 0 Å². The van der Waals surface area contributed by atoms with Crippen molar-refractivity contribution >= 4 is 0 Å². The van der Waals surface area contributed by atoms with Crippen LogP contribution in [0.4, 0.5) is 0 Å². The molecule has 0 N–H and O–H groups in total. The van der Waals surface area contributed by atoms with Gasteiger partial charge in [-0.2, -0.15) is 0 Å². The Morgan fingerprint density at radius 1 is 0.811 bits per heavy atom. The van der Waals surface area contributed by atoms with Crippen LogP contribution in [0, 0.1) is 94.2 Å². The molecule has 7 aliphatic carbocycles. The summed E-state index contributed by atoms with van der Waals surface area (Å²) in [6.07, 6.45) is 34.3. The fraction of sp³-hybridized carbons (Fsp3) is 0.811. The van der Waals surface area contributed by atoms with Crippen LogP contribution in [0.1, 0.15) is 179 Å². The molecular weight excluding hydrogens is 637 g/mol. The zero-order valence-electron chi connectivity index (χ0n) is 37.2. The van der Waals surface area contributed by atoms with Crippen LogP contribution in [0.3, 0.4) is 0 Å². The van der Waals surface area contributed by atoms with E-state index in [0.29, 0.717) is 11.3 Å². The van der Waals surface area contributed by atoms with Gasteiger partial charge in [0, 0.05) is 0 Å². The van der Waals surface area contributed by atoms with Crippen LogP contribution in [0.5, 0.6) is 0 Å². The monoisotopic (exact) mass is 723 g/mol. The van der Waals surface area contributed by atoms with E-state index in [1.807, 2.05) is 36.1 Å². The van der Waals surface area contributed by atoms with E-state index in [2.05, 4.69) is 99.6 Å². The molecule has 0 spiro atoms. The van der Waals surface area contributed by atoms with Crippen LogP contribution >= 0.6 is 0 Å². The largest absolute Gasteiger partial charge is 0.0879 e. The minimum atomic E-state index is 0.333. The first-order chi connectivity index (χ1) is 25.6. The van der Waals surface area contributed by atoms with E-state index in [4.69, 9.17) is 0 Å². The van der Waals surface area contributed by atoms with Gasteiger partial charge in [-0.25, -0.2) is 0 Å². The Kier molecular flexibility index (Phi) is 13.6. The van der Waals surface area contributed by atoms with E-state index in [9.17, 15) is 0 Å². The Bertz CT molecular complexity index is 1390. The molecule has 0 heteroatoms. The van der Waals surface area contributed by atoms with Gasteiger partial charge in [-0.05, 0) is 177 Å². The summed E-state index contributed by atoms with van der Waals surface area (Å²) in [6.45, 7) is 29.6. The van der Waals surface area contributed by atoms with Crippen molar-refractivity contribution in [2.24, 2.45) is 94.2 Å². The Balaban J connectivity index is 0.00000236. The first-order valence-electron chi connectivity index (χ1n) is 24.1. The standard InChI is InChI=1S/C51H80.C2H6/c1-11-16-35-23-28-44-42(26-22-36-18-17-32(7)48(35)50(36)44)38-24-27-43-39(14-4)45(51(9,10)46(43)30-38)29-33(8)41-25-21-37-20-19-34(13-3)47(31(6)12-2)49(37)40(41)15-5;1-2/h15,17-18,22,26,31-35,37-39,41-42,44-45,47-49H,11-14,16,19-21,23-25,27-30H2,1-10H3;1-2H3/b40-15-;. The van der Waals surface area contributed by atoms with E-state index >= 15 is 0 Å². The molecule has 7 aliphatic rings. The summed E-state index contributed by atoms with van der Waals surface area (Å²) in [5.41, 5.74) is 9.65. The molecule has 0 nitrogen and oxygen atoms in total.